The zero-order valence-corrected chi connectivity index (χ0v) is 12.2. The SMILES string of the molecule is COc1ccccc1N(C)c1cc(NN)nc(C2CC2)n1. The highest BCUT2D eigenvalue weighted by atomic mass is 16.5. The first-order chi connectivity index (χ1) is 10.2. The number of anilines is 3. The maximum absolute atomic E-state index is 5.52. The van der Waals surface area contributed by atoms with E-state index in [1.165, 1.54) is 0 Å². The lowest BCUT2D eigenvalue weighted by Gasteiger charge is -2.21. The van der Waals surface area contributed by atoms with Gasteiger partial charge in [-0.1, -0.05) is 12.1 Å². The summed E-state index contributed by atoms with van der Waals surface area (Å²) in [6.07, 6.45) is 2.29. The van der Waals surface area contributed by atoms with Crippen LogP contribution in [0.5, 0.6) is 5.75 Å². The first-order valence-electron chi connectivity index (χ1n) is 6.95. The standard InChI is InChI=1S/C15H19N5O/c1-20(11-5-3-4-6-12(11)21-2)14-9-13(19-16)17-15(18-14)10-7-8-10/h3-6,9-10H,7-8,16H2,1-2H3,(H,17,18,19). The van der Waals surface area contributed by atoms with Crippen LogP contribution in [0.1, 0.15) is 24.6 Å². The van der Waals surface area contributed by atoms with Crippen LogP contribution in [0.25, 0.3) is 0 Å². The molecule has 21 heavy (non-hydrogen) atoms. The Morgan fingerprint density at radius 3 is 2.71 bits per heavy atom. The van der Waals surface area contributed by atoms with Crippen molar-refractivity contribution in [3.05, 3.63) is 36.2 Å². The molecule has 0 amide bonds. The molecule has 6 nitrogen and oxygen atoms in total. The molecule has 0 atom stereocenters. The van der Waals surface area contributed by atoms with Crippen LogP contribution in [0, 0.1) is 0 Å². The molecule has 0 bridgehead atoms. The van der Waals surface area contributed by atoms with Gasteiger partial charge in [0.15, 0.2) is 0 Å². The molecule has 1 heterocycles. The van der Waals surface area contributed by atoms with E-state index in [9.17, 15) is 0 Å². The van der Waals surface area contributed by atoms with E-state index < -0.39 is 0 Å². The van der Waals surface area contributed by atoms with Crippen molar-refractivity contribution in [1.29, 1.82) is 0 Å². The van der Waals surface area contributed by atoms with Crippen molar-refractivity contribution in [2.24, 2.45) is 5.84 Å². The highest BCUT2D eigenvalue weighted by Crippen LogP contribution is 2.40. The van der Waals surface area contributed by atoms with E-state index in [-0.39, 0.29) is 0 Å². The van der Waals surface area contributed by atoms with Crippen LogP contribution in [0.15, 0.2) is 30.3 Å². The van der Waals surface area contributed by atoms with Crippen LogP contribution in [0.4, 0.5) is 17.3 Å². The lowest BCUT2D eigenvalue weighted by Crippen LogP contribution is -2.16. The van der Waals surface area contributed by atoms with Crippen LogP contribution in [0.2, 0.25) is 0 Å². The Balaban J connectivity index is 2.00. The number of benzene rings is 1. The van der Waals surface area contributed by atoms with Crippen molar-refractivity contribution in [1.82, 2.24) is 9.97 Å². The summed E-state index contributed by atoms with van der Waals surface area (Å²) in [4.78, 5) is 11.1. The lowest BCUT2D eigenvalue weighted by molar-refractivity contribution is 0.415. The molecule has 2 aromatic rings. The molecule has 6 heteroatoms. The zero-order valence-electron chi connectivity index (χ0n) is 12.2. The highest BCUT2D eigenvalue weighted by molar-refractivity contribution is 5.67. The Kier molecular flexibility index (Phi) is 3.62. The van der Waals surface area contributed by atoms with Gasteiger partial charge in [0.1, 0.15) is 23.2 Å². The molecule has 1 aromatic carbocycles. The average Bonchev–Trinajstić information content (AvgIpc) is 3.38. The Bertz CT molecular complexity index is 642. The number of hydrazine groups is 1. The second kappa shape index (κ2) is 5.57. The fourth-order valence-corrected chi connectivity index (χ4v) is 2.25. The number of aromatic nitrogens is 2. The molecule has 1 aliphatic rings. The Hall–Kier alpha value is -2.34. The van der Waals surface area contributed by atoms with Gasteiger partial charge in [-0.25, -0.2) is 15.8 Å². The molecule has 0 spiro atoms. The average molecular weight is 285 g/mol. The third kappa shape index (κ3) is 2.75. The van der Waals surface area contributed by atoms with Gasteiger partial charge in [0, 0.05) is 19.0 Å². The van der Waals surface area contributed by atoms with Gasteiger partial charge in [0.05, 0.1) is 12.8 Å². The molecular formula is C15H19N5O. The molecule has 3 rings (SSSR count). The Labute approximate surface area is 123 Å². The molecule has 0 unspecified atom stereocenters. The van der Waals surface area contributed by atoms with Crippen molar-refractivity contribution in [3.63, 3.8) is 0 Å². The van der Waals surface area contributed by atoms with Crippen LogP contribution >= 0.6 is 0 Å². The van der Waals surface area contributed by atoms with Gasteiger partial charge in [0.25, 0.3) is 0 Å². The minimum absolute atomic E-state index is 0.461. The van der Waals surface area contributed by atoms with Crippen LogP contribution in [-0.4, -0.2) is 24.1 Å². The van der Waals surface area contributed by atoms with Crippen molar-refractivity contribution < 1.29 is 4.74 Å². The van der Waals surface area contributed by atoms with E-state index in [1.807, 2.05) is 42.3 Å². The van der Waals surface area contributed by atoms with Gasteiger partial charge in [-0.15, -0.1) is 0 Å². The molecule has 0 saturated heterocycles. The summed E-state index contributed by atoms with van der Waals surface area (Å²) in [5.74, 6) is 9.05. The topological polar surface area (TPSA) is 76.3 Å². The summed E-state index contributed by atoms with van der Waals surface area (Å²) in [6.45, 7) is 0. The number of hydrogen-bond donors (Lipinski definition) is 2. The van der Waals surface area contributed by atoms with Gasteiger partial charge < -0.3 is 15.1 Å². The molecule has 1 aromatic heterocycles. The maximum atomic E-state index is 5.52. The second-order valence-electron chi connectivity index (χ2n) is 5.12. The molecule has 1 fully saturated rings. The Morgan fingerprint density at radius 2 is 2.05 bits per heavy atom. The maximum Gasteiger partial charge on any atom is 0.145 e. The summed E-state index contributed by atoms with van der Waals surface area (Å²) >= 11 is 0. The quantitative estimate of drug-likeness (QED) is 0.649. The van der Waals surface area contributed by atoms with Crippen LogP contribution in [0.3, 0.4) is 0 Å². The summed E-state index contributed by atoms with van der Waals surface area (Å²) in [7, 11) is 3.62. The second-order valence-corrected chi connectivity index (χ2v) is 5.12. The monoisotopic (exact) mass is 285 g/mol. The van der Waals surface area contributed by atoms with Crippen molar-refractivity contribution in [2.75, 3.05) is 24.5 Å². The van der Waals surface area contributed by atoms with Gasteiger partial charge in [-0.3, -0.25) is 0 Å². The number of methoxy groups -OCH3 is 1. The van der Waals surface area contributed by atoms with Gasteiger partial charge in [-0.2, -0.15) is 0 Å². The largest absolute Gasteiger partial charge is 0.495 e. The fraction of sp³-hybridized carbons (Fsp3) is 0.333. The zero-order chi connectivity index (χ0) is 14.8. The number of nitrogens with two attached hydrogens (primary N) is 1. The molecule has 1 saturated carbocycles. The van der Waals surface area contributed by atoms with E-state index >= 15 is 0 Å². The number of rotatable bonds is 5. The van der Waals surface area contributed by atoms with E-state index in [0.717, 1.165) is 35.9 Å². The third-order valence-electron chi connectivity index (χ3n) is 3.61. The number of nitrogen functional groups attached to an aromatic ring is 1. The van der Waals surface area contributed by atoms with Crippen molar-refractivity contribution in [2.45, 2.75) is 18.8 Å². The van der Waals surface area contributed by atoms with E-state index in [0.29, 0.717) is 11.7 Å². The summed E-state index contributed by atoms with van der Waals surface area (Å²) in [5.41, 5.74) is 3.56. The summed E-state index contributed by atoms with van der Waals surface area (Å²) in [5, 5.41) is 0. The van der Waals surface area contributed by atoms with Gasteiger partial charge in [-0.05, 0) is 25.0 Å². The van der Waals surface area contributed by atoms with Gasteiger partial charge >= 0.3 is 0 Å². The highest BCUT2D eigenvalue weighted by Gasteiger charge is 2.28. The molecular weight excluding hydrogens is 266 g/mol. The first-order valence-corrected chi connectivity index (χ1v) is 6.95. The number of ether oxygens (including phenoxy) is 1. The van der Waals surface area contributed by atoms with Gasteiger partial charge in [0.2, 0.25) is 0 Å². The number of nitrogens with one attached hydrogen (secondary N) is 1. The minimum Gasteiger partial charge on any atom is -0.495 e. The lowest BCUT2D eigenvalue weighted by atomic mass is 10.2. The molecule has 0 aliphatic heterocycles. The third-order valence-corrected chi connectivity index (χ3v) is 3.61. The van der Waals surface area contributed by atoms with Crippen molar-refractivity contribution >= 4 is 17.3 Å². The molecule has 0 radical (unpaired) electrons. The fourth-order valence-electron chi connectivity index (χ4n) is 2.25. The molecule has 1 aliphatic carbocycles. The smallest absolute Gasteiger partial charge is 0.145 e. The van der Waals surface area contributed by atoms with E-state index in [4.69, 9.17) is 10.6 Å². The number of para-hydroxylation sites is 2. The predicted octanol–water partition coefficient (Wildman–Crippen LogP) is 2.42. The van der Waals surface area contributed by atoms with Crippen molar-refractivity contribution in [3.8, 4) is 5.75 Å². The predicted molar refractivity (Wildman–Crippen MR) is 82.9 cm³/mol. The van der Waals surface area contributed by atoms with E-state index in [2.05, 4.69) is 15.4 Å². The van der Waals surface area contributed by atoms with Crippen LogP contribution in [-0.2, 0) is 0 Å². The minimum atomic E-state index is 0.461. The summed E-state index contributed by atoms with van der Waals surface area (Å²) in [6, 6.07) is 9.67. The normalized spacial score (nSPS) is 13.9. The number of hydrogen-bond acceptors (Lipinski definition) is 6. The molecule has 110 valence electrons. The molecule has 3 N–H and O–H groups in total. The summed E-state index contributed by atoms with van der Waals surface area (Å²) < 4.78 is 5.41. The first kappa shape index (κ1) is 13.6. The van der Waals surface area contributed by atoms with E-state index in [1.54, 1.807) is 7.11 Å². The Morgan fingerprint density at radius 1 is 1.29 bits per heavy atom. The van der Waals surface area contributed by atoms with Crippen LogP contribution < -0.4 is 20.9 Å². The number of nitrogens with zero attached hydrogens (tertiary/aromatic N) is 3.